The van der Waals surface area contributed by atoms with E-state index in [4.69, 9.17) is 0 Å². The van der Waals surface area contributed by atoms with Gasteiger partial charge in [-0.3, -0.25) is 4.79 Å². The summed E-state index contributed by atoms with van der Waals surface area (Å²) in [7, 11) is 0. The van der Waals surface area contributed by atoms with Crippen LogP contribution in [0.5, 0.6) is 0 Å². The summed E-state index contributed by atoms with van der Waals surface area (Å²) < 4.78 is 0.788. The lowest BCUT2D eigenvalue weighted by atomic mass is 10.0. The molecule has 1 fully saturated rings. The maximum Gasteiger partial charge on any atom is 0.319 e. The first kappa shape index (κ1) is 20.5. The molecule has 0 bridgehead atoms. The molecule has 6 nitrogen and oxygen atoms in total. The Bertz CT molecular complexity index is 1040. The Labute approximate surface area is 184 Å². The lowest BCUT2D eigenvalue weighted by Gasteiger charge is -2.30. The Morgan fingerprint density at radius 2 is 1.77 bits per heavy atom. The van der Waals surface area contributed by atoms with Crippen LogP contribution in [0.2, 0.25) is 0 Å². The van der Waals surface area contributed by atoms with E-state index in [2.05, 4.69) is 31.5 Å². The van der Waals surface area contributed by atoms with Crippen LogP contribution in [0.3, 0.4) is 0 Å². The van der Waals surface area contributed by atoms with Crippen molar-refractivity contribution in [3.05, 3.63) is 64.8 Å². The molecule has 0 spiro atoms. The Balaban J connectivity index is 1.54. The van der Waals surface area contributed by atoms with E-state index in [1.807, 2.05) is 59.6 Å². The van der Waals surface area contributed by atoms with Crippen molar-refractivity contribution < 1.29 is 9.59 Å². The van der Waals surface area contributed by atoms with Gasteiger partial charge in [0, 0.05) is 41.1 Å². The van der Waals surface area contributed by atoms with Gasteiger partial charge in [-0.25, -0.2) is 4.79 Å². The highest BCUT2D eigenvalue weighted by molar-refractivity contribution is 9.10. The Kier molecular flexibility index (Phi) is 6.38. The van der Waals surface area contributed by atoms with Crippen LogP contribution in [-0.4, -0.2) is 41.0 Å². The van der Waals surface area contributed by atoms with Crippen LogP contribution in [0.15, 0.2) is 59.2 Å². The molecule has 0 saturated carbocycles. The summed E-state index contributed by atoms with van der Waals surface area (Å²) in [5, 5.41) is 6.83. The molecular weight excluding hydrogens is 444 g/mol. The van der Waals surface area contributed by atoms with Gasteiger partial charge in [-0.05, 0) is 59.0 Å². The van der Waals surface area contributed by atoms with Crippen molar-refractivity contribution in [2.45, 2.75) is 31.7 Å². The molecular formula is C23H25BrN4O2. The SMILES string of the molecule is O=C(Nc1ccccc1Br)NC(Cc1c[nH]c2ccccc12)C(=O)N1CCCCC1. The van der Waals surface area contributed by atoms with Gasteiger partial charge in [0.2, 0.25) is 5.91 Å². The first-order valence-corrected chi connectivity index (χ1v) is 11.1. The molecule has 1 aliphatic heterocycles. The zero-order chi connectivity index (χ0) is 20.9. The van der Waals surface area contributed by atoms with E-state index < -0.39 is 12.1 Å². The molecule has 30 heavy (non-hydrogen) atoms. The quantitative estimate of drug-likeness (QED) is 0.508. The zero-order valence-corrected chi connectivity index (χ0v) is 18.2. The number of aromatic amines is 1. The highest BCUT2D eigenvalue weighted by Gasteiger charge is 2.28. The maximum atomic E-state index is 13.3. The monoisotopic (exact) mass is 468 g/mol. The van der Waals surface area contributed by atoms with Gasteiger partial charge in [0.05, 0.1) is 5.69 Å². The van der Waals surface area contributed by atoms with E-state index in [0.717, 1.165) is 53.3 Å². The summed E-state index contributed by atoms with van der Waals surface area (Å²) in [6.45, 7) is 1.49. The van der Waals surface area contributed by atoms with Crippen molar-refractivity contribution in [2.24, 2.45) is 0 Å². The van der Waals surface area contributed by atoms with E-state index in [1.54, 1.807) is 0 Å². The second-order valence-corrected chi connectivity index (χ2v) is 8.43. The number of anilines is 1. The van der Waals surface area contributed by atoms with E-state index >= 15 is 0 Å². The van der Waals surface area contributed by atoms with Gasteiger partial charge in [0.1, 0.15) is 6.04 Å². The molecule has 3 amide bonds. The van der Waals surface area contributed by atoms with E-state index in [9.17, 15) is 9.59 Å². The van der Waals surface area contributed by atoms with Crippen LogP contribution >= 0.6 is 15.9 Å². The number of likely N-dealkylation sites (tertiary alicyclic amines) is 1. The third-order valence-corrected chi connectivity index (χ3v) is 6.18. The number of nitrogens with zero attached hydrogens (tertiary/aromatic N) is 1. The third kappa shape index (κ3) is 4.67. The van der Waals surface area contributed by atoms with Gasteiger partial charge >= 0.3 is 6.03 Å². The fourth-order valence-electron chi connectivity index (χ4n) is 3.93. The van der Waals surface area contributed by atoms with Gasteiger partial charge in [0.25, 0.3) is 0 Å². The van der Waals surface area contributed by atoms with Crippen LogP contribution in [0, 0.1) is 0 Å². The van der Waals surface area contributed by atoms with Gasteiger partial charge in [-0.2, -0.15) is 0 Å². The number of aromatic nitrogens is 1. The predicted molar refractivity (Wildman–Crippen MR) is 123 cm³/mol. The van der Waals surface area contributed by atoms with Crippen LogP contribution in [0.1, 0.15) is 24.8 Å². The minimum atomic E-state index is -0.634. The molecule has 2 aromatic carbocycles. The van der Waals surface area contributed by atoms with E-state index in [1.165, 1.54) is 0 Å². The highest BCUT2D eigenvalue weighted by Crippen LogP contribution is 2.22. The minimum Gasteiger partial charge on any atom is -0.361 e. The van der Waals surface area contributed by atoms with E-state index in [0.29, 0.717) is 12.1 Å². The van der Waals surface area contributed by atoms with Crippen molar-refractivity contribution in [1.82, 2.24) is 15.2 Å². The molecule has 4 rings (SSSR count). The zero-order valence-electron chi connectivity index (χ0n) is 16.7. The second-order valence-electron chi connectivity index (χ2n) is 7.58. The summed E-state index contributed by atoms with van der Waals surface area (Å²) in [5.74, 6) is -0.0257. The molecule has 1 aromatic heterocycles. The fraction of sp³-hybridized carbons (Fsp3) is 0.304. The molecule has 1 saturated heterocycles. The van der Waals surface area contributed by atoms with Crippen molar-refractivity contribution in [2.75, 3.05) is 18.4 Å². The van der Waals surface area contributed by atoms with Crippen LogP contribution in [0.25, 0.3) is 10.9 Å². The summed E-state index contributed by atoms with van der Waals surface area (Å²) in [4.78, 5) is 31.1. The van der Waals surface area contributed by atoms with Crippen molar-refractivity contribution in [3.8, 4) is 0 Å². The van der Waals surface area contributed by atoms with Gasteiger partial charge in [-0.1, -0.05) is 30.3 Å². The summed E-state index contributed by atoms with van der Waals surface area (Å²) in [5.41, 5.74) is 2.70. The van der Waals surface area contributed by atoms with Gasteiger partial charge < -0.3 is 20.5 Å². The number of urea groups is 1. The first-order valence-electron chi connectivity index (χ1n) is 10.3. The second kappa shape index (κ2) is 9.34. The Hall–Kier alpha value is -2.80. The number of carbonyl (C=O) groups excluding carboxylic acids is 2. The molecule has 7 heteroatoms. The minimum absolute atomic E-state index is 0.0257. The van der Waals surface area contributed by atoms with Crippen LogP contribution in [-0.2, 0) is 11.2 Å². The topological polar surface area (TPSA) is 77.2 Å². The lowest BCUT2D eigenvalue weighted by molar-refractivity contribution is -0.134. The van der Waals surface area contributed by atoms with Crippen LogP contribution < -0.4 is 10.6 Å². The number of amides is 3. The third-order valence-electron chi connectivity index (χ3n) is 5.49. The molecule has 3 N–H and O–H groups in total. The van der Waals surface area contributed by atoms with Gasteiger partial charge in [-0.15, -0.1) is 0 Å². The van der Waals surface area contributed by atoms with Crippen LogP contribution in [0.4, 0.5) is 10.5 Å². The van der Waals surface area contributed by atoms with Crippen molar-refractivity contribution >= 4 is 44.5 Å². The number of hydrogen-bond acceptors (Lipinski definition) is 2. The molecule has 2 heterocycles. The lowest BCUT2D eigenvalue weighted by Crippen LogP contribution is -2.52. The molecule has 0 radical (unpaired) electrons. The van der Waals surface area contributed by atoms with Crippen molar-refractivity contribution in [3.63, 3.8) is 0 Å². The molecule has 0 aliphatic carbocycles. The number of halogens is 1. The first-order chi connectivity index (χ1) is 14.6. The number of para-hydroxylation sites is 2. The summed E-state index contributed by atoms with van der Waals surface area (Å²) in [6, 6.07) is 14.4. The highest BCUT2D eigenvalue weighted by atomic mass is 79.9. The number of benzene rings is 2. The number of carbonyl (C=O) groups is 2. The smallest absolute Gasteiger partial charge is 0.319 e. The summed E-state index contributed by atoms with van der Waals surface area (Å²) in [6.07, 6.45) is 5.52. The number of rotatable bonds is 5. The molecule has 1 atom stereocenters. The Morgan fingerprint density at radius 3 is 2.57 bits per heavy atom. The number of nitrogens with one attached hydrogen (secondary N) is 3. The number of H-pyrrole nitrogens is 1. The average molecular weight is 469 g/mol. The van der Waals surface area contributed by atoms with E-state index in [-0.39, 0.29) is 5.91 Å². The molecule has 3 aromatic rings. The maximum absolute atomic E-state index is 13.3. The molecule has 1 aliphatic rings. The molecule has 156 valence electrons. The number of hydrogen-bond donors (Lipinski definition) is 3. The fourth-order valence-corrected chi connectivity index (χ4v) is 4.32. The Morgan fingerprint density at radius 1 is 1.03 bits per heavy atom. The standard InChI is InChI=1S/C23H25BrN4O2/c24-18-9-3-5-11-20(18)26-23(30)27-21(22(29)28-12-6-1-7-13-28)14-16-15-25-19-10-4-2-8-17(16)19/h2-5,8-11,15,21,25H,1,6-7,12-14H2,(H2,26,27,30). The average Bonchev–Trinajstić information content (AvgIpc) is 3.18. The number of fused-ring (bicyclic) bond motifs is 1. The van der Waals surface area contributed by atoms with Crippen molar-refractivity contribution in [1.29, 1.82) is 0 Å². The number of piperidine rings is 1. The predicted octanol–water partition coefficient (Wildman–Crippen LogP) is 4.68. The normalized spacial score (nSPS) is 15.0. The summed E-state index contributed by atoms with van der Waals surface area (Å²) >= 11 is 3.44. The largest absolute Gasteiger partial charge is 0.361 e. The molecule has 1 unspecified atom stereocenters. The van der Waals surface area contributed by atoms with Gasteiger partial charge in [0.15, 0.2) is 0 Å².